The van der Waals surface area contributed by atoms with Crippen molar-refractivity contribution >= 4 is 31.3 Å². The average Bonchev–Trinajstić information content (AvgIpc) is 1.83. The Hall–Kier alpha value is 0.868. The fraction of sp³-hybridized carbons (Fsp3) is 1.00. The molecule has 0 atom stereocenters. The third-order valence-corrected chi connectivity index (χ3v) is 89.6. The number of hydrogen-bond donors (Lipinski definition) is 0. The summed E-state index contributed by atoms with van der Waals surface area (Å²) in [4.78, 5) is 0. The molecule has 4 heteroatoms. The Balaban J connectivity index is 2.42. The Labute approximate surface area is 57.9 Å². The number of hydrogen-bond acceptors (Lipinski definition) is 0. The van der Waals surface area contributed by atoms with Crippen LogP contribution in [0.3, 0.4) is 0 Å². The molecule has 1 saturated heterocycles. The molecule has 1 fully saturated rings. The maximum atomic E-state index is 2.65. The van der Waals surface area contributed by atoms with Crippen molar-refractivity contribution in [3.63, 3.8) is 0 Å². The lowest BCUT2D eigenvalue weighted by molar-refractivity contribution is 2.09. The molecule has 1 aliphatic heterocycles. The minimum Gasteiger partial charge on any atom is -0.0765 e. The van der Waals surface area contributed by atoms with Gasteiger partial charge < -0.3 is 0 Å². The molecule has 0 radical (unpaired) electrons. The van der Waals surface area contributed by atoms with Gasteiger partial charge in [0.2, 0.25) is 0 Å². The predicted octanol–water partition coefficient (Wildman–Crippen LogP) is -0.259. The van der Waals surface area contributed by atoms with Gasteiger partial charge in [-0.25, -0.2) is 0 Å². The van der Waals surface area contributed by atoms with Gasteiger partial charge in [-0.2, -0.15) is 0 Å². The van der Waals surface area contributed by atoms with E-state index in [0.29, 0.717) is 0 Å². The first-order valence-electron chi connectivity index (χ1n) is 3.64. The highest BCUT2D eigenvalue weighted by Crippen LogP contribution is 2.14. The summed E-state index contributed by atoms with van der Waals surface area (Å²) in [5, 5.41) is 0. The molecule has 0 nitrogen and oxygen atoms in total. The van der Waals surface area contributed by atoms with Crippen LogP contribution in [0, 0.1) is 0 Å². The highest BCUT2D eigenvalue weighted by atomic mass is 30.1. The van der Waals surface area contributed by atoms with Crippen molar-refractivity contribution in [2.45, 2.75) is 26.2 Å². The molecule has 8 heavy (non-hydrogen) atoms. The van der Waals surface area contributed by atoms with Gasteiger partial charge >= 0.3 is 0 Å². The molecule has 0 spiro atoms. The molecule has 0 amide bonds. The predicted molar refractivity (Wildman–Crippen MR) is 52.1 cm³/mol. The summed E-state index contributed by atoms with van der Waals surface area (Å²) in [6.45, 7) is 10.6. The molecule has 0 aromatic heterocycles. The van der Waals surface area contributed by atoms with Crippen LogP contribution in [0.15, 0.2) is 0 Å². The van der Waals surface area contributed by atoms with Gasteiger partial charge in [-0.05, 0) is 0 Å². The Kier molecular flexibility index (Phi) is 1.96. The summed E-state index contributed by atoms with van der Waals surface area (Å²) >= 11 is 0. The average molecular weight is 177 g/mol. The summed E-state index contributed by atoms with van der Waals surface area (Å²) in [5.41, 5.74) is 0. The molecule has 0 N–H and O–H groups in total. The van der Waals surface area contributed by atoms with E-state index in [-0.39, 0.29) is 31.3 Å². The summed E-state index contributed by atoms with van der Waals surface area (Å²) < 4.78 is 0. The van der Waals surface area contributed by atoms with Crippen LogP contribution in [-0.4, -0.2) is 31.3 Å². The minimum absolute atomic E-state index is 0.124. The van der Waals surface area contributed by atoms with Crippen molar-refractivity contribution in [2.75, 3.05) is 0 Å². The van der Waals surface area contributed by atoms with Crippen LogP contribution in [0.2, 0.25) is 26.2 Å². The van der Waals surface area contributed by atoms with E-state index < -0.39 is 0 Å². The summed E-state index contributed by atoms with van der Waals surface area (Å²) in [5.74, 6) is 0. The summed E-state index contributed by atoms with van der Waals surface area (Å²) in [7, 11) is 0.497. The molecule has 1 aliphatic rings. The van der Waals surface area contributed by atoms with Crippen molar-refractivity contribution in [2.24, 2.45) is 0 Å². The summed E-state index contributed by atoms with van der Waals surface area (Å²) in [6, 6.07) is 0. The highest BCUT2D eigenvalue weighted by Gasteiger charge is 2.42. The van der Waals surface area contributed by atoms with Gasteiger partial charge in [0.05, 0.1) is 0 Å². The second-order valence-corrected chi connectivity index (χ2v) is 44.8. The van der Waals surface area contributed by atoms with Crippen LogP contribution in [0.1, 0.15) is 0 Å². The van der Waals surface area contributed by atoms with Crippen molar-refractivity contribution in [3.05, 3.63) is 0 Å². The Morgan fingerprint density at radius 3 is 0.750 bits per heavy atom. The zero-order chi connectivity index (χ0) is 6.31. The van der Waals surface area contributed by atoms with Crippen LogP contribution in [-0.2, 0) is 0 Å². The highest BCUT2D eigenvalue weighted by molar-refractivity contribution is 7.95. The Morgan fingerprint density at radius 1 is 0.500 bits per heavy atom. The molecular weight excluding hydrogens is 160 g/mol. The molecule has 0 unspecified atom stereocenters. The van der Waals surface area contributed by atoms with Crippen LogP contribution in [0.25, 0.3) is 0 Å². The van der Waals surface area contributed by atoms with E-state index in [4.69, 9.17) is 0 Å². The van der Waals surface area contributed by atoms with Crippen LogP contribution >= 0.6 is 0 Å². The van der Waals surface area contributed by atoms with E-state index in [0.717, 1.165) is 0 Å². The normalized spacial score (nSPS) is 55.5. The molecule has 0 aromatic rings. The molecule has 0 aliphatic carbocycles. The molecule has 48 valence electrons. The molecule has 1 rings (SSSR count). The SMILES string of the molecule is C[SiH]1[SiH](C)[SiH](C)[SiH]1C. The standard InChI is InChI=1S/C4H16Si4/c1-5-6(2)8(4)7(5)3/h5-8H,1-4H3. The van der Waals surface area contributed by atoms with Gasteiger partial charge in [0.25, 0.3) is 0 Å². The van der Waals surface area contributed by atoms with Crippen LogP contribution < -0.4 is 0 Å². The molecule has 0 aromatic carbocycles. The summed E-state index contributed by atoms with van der Waals surface area (Å²) in [6.07, 6.45) is 0. The van der Waals surface area contributed by atoms with E-state index in [2.05, 4.69) is 26.2 Å². The lowest BCUT2D eigenvalue weighted by Gasteiger charge is -2.42. The fourth-order valence-corrected chi connectivity index (χ4v) is 102. The molecule has 0 saturated carbocycles. The molecular formula is C4H16Si4. The Bertz CT molecular complexity index is 62.0. The largest absolute Gasteiger partial charge is 0.0765 e. The molecule has 1 heterocycles. The quantitative estimate of drug-likeness (QED) is 0.446. The molecule has 0 bridgehead atoms. The lowest BCUT2D eigenvalue weighted by Crippen LogP contribution is -2.72. The van der Waals surface area contributed by atoms with Gasteiger partial charge in [-0.15, -0.1) is 0 Å². The van der Waals surface area contributed by atoms with Crippen molar-refractivity contribution in [3.8, 4) is 0 Å². The monoisotopic (exact) mass is 176 g/mol. The van der Waals surface area contributed by atoms with Crippen LogP contribution in [0.4, 0.5) is 0 Å². The lowest BCUT2D eigenvalue weighted by atomic mass is 11.9. The smallest absolute Gasteiger partial charge is 0.0108 e. The van der Waals surface area contributed by atoms with Gasteiger partial charge in [-0.1, -0.05) is 26.2 Å². The van der Waals surface area contributed by atoms with E-state index in [1.807, 2.05) is 0 Å². The van der Waals surface area contributed by atoms with Crippen molar-refractivity contribution in [1.29, 1.82) is 0 Å². The number of rotatable bonds is 0. The minimum atomic E-state index is 0.124. The Morgan fingerprint density at radius 2 is 0.625 bits per heavy atom. The second kappa shape index (κ2) is 2.24. The van der Waals surface area contributed by atoms with E-state index in [1.54, 1.807) is 0 Å². The zero-order valence-corrected chi connectivity index (χ0v) is 10.9. The van der Waals surface area contributed by atoms with Gasteiger partial charge in [0.15, 0.2) is 0 Å². The third-order valence-electron chi connectivity index (χ3n) is 3.32. The fourth-order valence-electron chi connectivity index (χ4n) is 1.77. The second-order valence-electron chi connectivity index (χ2n) is 3.44. The third kappa shape index (κ3) is 0.831. The van der Waals surface area contributed by atoms with Gasteiger partial charge in [0, 0.05) is 31.3 Å². The van der Waals surface area contributed by atoms with E-state index >= 15 is 0 Å². The van der Waals surface area contributed by atoms with E-state index in [9.17, 15) is 0 Å². The van der Waals surface area contributed by atoms with E-state index in [1.165, 1.54) is 0 Å². The first-order chi connectivity index (χ1) is 3.64. The van der Waals surface area contributed by atoms with Gasteiger partial charge in [0.1, 0.15) is 0 Å². The van der Waals surface area contributed by atoms with Gasteiger partial charge in [-0.3, -0.25) is 0 Å². The topological polar surface area (TPSA) is 0 Å². The first kappa shape index (κ1) is 6.98. The zero-order valence-electron chi connectivity index (χ0n) is 6.31. The van der Waals surface area contributed by atoms with Crippen LogP contribution in [0.5, 0.6) is 0 Å². The van der Waals surface area contributed by atoms with Crippen molar-refractivity contribution in [1.82, 2.24) is 0 Å². The maximum absolute atomic E-state index is 2.65. The van der Waals surface area contributed by atoms with Crippen molar-refractivity contribution < 1.29 is 0 Å². The maximum Gasteiger partial charge on any atom is 0.0108 e. The first-order valence-corrected chi connectivity index (χ1v) is 18.9.